The molecule has 1 fully saturated rings. The van der Waals surface area contributed by atoms with Gasteiger partial charge in [0.15, 0.2) is 0 Å². The number of carbonyl (C=O) groups excluding carboxylic acids is 1. The molecule has 118 valence electrons. The molecule has 3 rings (SSSR count). The van der Waals surface area contributed by atoms with Gasteiger partial charge in [-0.25, -0.2) is 4.39 Å². The van der Waals surface area contributed by atoms with E-state index >= 15 is 0 Å². The van der Waals surface area contributed by atoms with Crippen LogP contribution in [0.25, 0.3) is 11.1 Å². The van der Waals surface area contributed by atoms with Gasteiger partial charge in [-0.1, -0.05) is 12.1 Å². The van der Waals surface area contributed by atoms with Gasteiger partial charge in [-0.05, 0) is 37.5 Å². The summed E-state index contributed by atoms with van der Waals surface area (Å²) in [5, 5.41) is 12.8. The minimum atomic E-state index is -0.446. The number of rotatable bonds is 3. The number of nitrogens with one attached hydrogen (secondary N) is 1. The van der Waals surface area contributed by atoms with Gasteiger partial charge in [-0.3, -0.25) is 4.79 Å². The van der Waals surface area contributed by atoms with Crippen molar-refractivity contribution in [3.8, 4) is 17.2 Å². The fraction of sp³-hybridized carbons (Fsp3) is 0.294. The average molecular weight is 330 g/mol. The summed E-state index contributed by atoms with van der Waals surface area (Å²) in [5.74, 6) is -0.544. The second kappa shape index (κ2) is 6.49. The second-order valence-electron chi connectivity index (χ2n) is 5.35. The van der Waals surface area contributed by atoms with Crippen LogP contribution >= 0.6 is 11.3 Å². The number of ether oxygens (including phenoxy) is 1. The van der Waals surface area contributed by atoms with Crippen molar-refractivity contribution in [3.63, 3.8) is 0 Å². The van der Waals surface area contributed by atoms with E-state index in [2.05, 4.69) is 11.4 Å². The number of nitriles is 1. The van der Waals surface area contributed by atoms with Gasteiger partial charge in [0.05, 0.1) is 5.56 Å². The Labute approximate surface area is 137 Å². The molecule has 2 heterocycles. The van der Waals surface area contributed by atoms with Crippen LogP contribution in [0.5, 0.6) is 0 Å². The highest BCUT2D eigenvalue weighted by Crippen LogP contribution is 2.39. The minimum Gasteiger partial charge on any atom is -0.368 e. The molecule has 1 atom stereocenters. The Bertz CT molecular complexity index is 771. The maximum absolute atomic E-state index is 13.1. The van der Waals surface area contributed by atoms with E-state index in [0.717, 1.165) is 22.4 Å². The number of carbonyl (C=O) groups is 1. The molecule has 1 N–H and O–H groups in total. The largest absolute Gasteiger partial charge is 0.368 e. The highest BCUT2D eigenvalue weighted by molar-refractivity contribution is 7.17. The fourth-order valence-corrected chi connectivity index (χ4v) is 3.71. The van der Waals surface area contributed by atoms with Crippen molar-refractivity contribution < 1.29 is 13.9 Å². The van der Waals surface area contributed by atoms with Gasteiger partial charge >= 0.3 is 0 Å². The van der Waals surface area contributed by atoms with Crippen LogP contribution in [0, 0.1) is 24.1 Å². The third-order valence-electron chi connectivity index (χ3n) is 3.79. The van der Waals surface area contributed by atoms with Crippen molar-refractivity contribution in [2.45, 2.75) is 25.9 Å². The normalized spacial score (nSPS) is 17.0. The van der Waals surface area contributed by atoms with Gasteiger partial charge in [0.1, 0.15) is 23.0 Å². The number of halogens is 1. The summed E-state index contributed by atoms with van der Waals surface area (Å²) in [4.78, 5) is 13.1. The lowest BCUT2D eigenvalue weighted by molar-refractivity contribution is -0.124. The first-order valence-electron chi connectivity index (χ1n) is 7.32. The number of anilines is 1. The van der Waals surface area contributed by atoms with E-state index in [0.29, 0.717) is 23.6 Å². The zero-order valence-corrected chi connectivity index (χ0v) is 13.4. The predicted molar refractivity (Wildman–Crippen MR) is 86.8 cm³/mol. The number of hydrogen-bond donors (Lipinski definition) is 1. The second-order valence-corrected chi connectivity index (χ2v) is 6.57. The molecule has 1 saturated heterocycles. The number of hydrogen-bond acceptors (Lipinski definition) is 4. The van der Waals surface area contributed by atoms with Crippen LogP contribution < -0.4 is 5.32 Å². The lowest BCUT2D eigenvalue weighted by Gasteiger charge is -2.09. The number of aryl methyl sites for hydroxylation is 1. The molecule has 23 heavy (non-hydrogen) atoms. The molecular formula is C17H15FN2O2S. The predicted octanol–water partition coefficient (Wildman–Crippen LogP) is 3.85. The van der Waals surface area contributed by atoms with Gasteiger partial charge in [0.2, 0.25) is 0 Å². The first kappa shape index (κ1) is 15.7. The van der Waals surface area contributed by atoms with Crippen molar-refractivity contribution in [1.82, 2.24) is 0 Å². The summed E-state index contributed by atoms with van der Waals surface area (Å²) in [5.41, 5.74) is 1.90. The molecule has 0 spiro atoms. The SMILES string of the molecule is Cc1sc(NC(=O)[C@H]2CCCO2)c(C#N)c1-c1ccc(F)cc1. The molecule has 0 saturated carbocycles. The quantitative estimate of drug-likeness (QED) is 0.930. The molecular weight excluding hydrogens is 315 g/mol. The molecule has 1 aromatic heterocycles. The molecule has 1 aliphatic heterocycles. The van der Waals surface area contributed by atoms with Crippen molar-refractivity contribution in [1.29, 1.82) is 5.26 Å². The maximum atomic E-state index is 13.1. The number of nitrogens with zero attached hydrogens (tertiary/aromatic N) is 1. The van der Waals surface area contributed by atoms with Gasteiger partial charge < -0.3 is 10.1 Å². The van der Waals surface area contributed by atoms with Crippen LogP contribution in [0.1, 0.15) is 23.3 Å². The van der Waals surface area contributed by atoms with Gasteiger partial charge in [-0.2, -0.15) is 5.26 Å². The molecule has 4 nitrogen and oxygen atoms in total. The molecule has 1 amide bonds. The Kier molecular flexibility index (Phi) is 4.42. The van der Waals surface area contributed by atoms with Crippen molar-refractivity contribution in [2.75, 3.05) is 11.9 Å². The Morgan fingerprint density at radius 3 is 2.78 bits per heavy atom. The number of amides is 1. The van der Waals surface area contributed by atoms with Gasteiger partial charge in [0.25, 0.3) is 5.91 Å². The van der Waals surface area contributed by atoms with Crippen LogP contribution in [0.4, 0.5) is 9.39 Å². The lowest BCUT2D eigenvalue weighted by Crippen LogP contribution is -2.26. The molecule has 1 aliphatic rings. The summed E-state index contributed by atoms with van der Waals surface area (Å²) in [6.07, 6.45) is 1.12. The highest BCUT2D eigenvalue weighted by Gasteiger charge is 2.26. The number of thiophene rings is 1. The smallest absolute Gasteiger partial charge is 0.254 e. The van der Waals surface area contributed by atoms with E-state index in [1.807, 2.05) is 6.92 Å². The number of benzene rings is 1. The first-order valence-corrected chi connectivity index (χ1v) is 8.13. The zero-order valence-electron chi connectivity index (χ0n) is 12.6. The van der Waals surface area contributed by atoms with E-state index in [-0.39, 0.29) is 11.7 Å². The monoisotopic (exact) mass is 330 g/mol. The summed E-state index contributed by atoms with van der Waals surface area (Å²) in [6, 6.07) is 8.15. The van der Waals surface area contributed by atoms with Crippen LogP contribution in [0.3, 0.4) is 0 Å². The van der Waals surface area contributed by atoms with E-state index in [4.69, 9.17) is 4.74 Å². The summed E-state index contributed by atoms with van der Waals surface area (Å²) < 4.78 is 18.5. The zero-order chi connectivity index (χ0) is 16.4. The third kappa shape index (κ3) is 3.11. The first-order chi connectivity index (χ1) is 11.1. The molecule has 2 aromatic rings. The van der Waals surface area contributed by atoms with Crippen LogP contribution in [0.15, 0.2) is 24.3 Å². The summed E-state index contributed by atoms with van der Waals surface area (Å²) in [7, 11) is 0. The molecule has 0 aliphatic carbocycles. The van der Waals surface area contributed by atoms with E-state index in [1.54, 1.807) is 12.1 Å². The minimum absolute atomic E-state index is 0.217. The standard InChI is InChI=1S/C17H15FN2O2S/c1-10-15(11-4-6-12(18)7-5-11)13(9-19)17(23-10)20-16(21)14-3-2-8-22-14/h4-7,14H,2-3,8H2,1H3,(H,20,21)/t14-/m1/s1. The molecule has 0 unspecified atom stereocenters. The van der Waals surface area contributed by atoms with Crippen LogP contribution in [0.2, 0.25) is 0 Å². The molecule has 6 heteroatoms. The van der Waals surface area contributed by atoms with E-state index in [9.17, 15) is 14.4 Å². The Hall–Kier alpha value is -2.23. The molecule has 0 radical (unpaired) electrons. The van der Waals surface area contributed by atoms with Crippen molar-refractivity contribution >= 4 is 22.2 Å². The van der Waals surface area contributed by atoms with Gasteiger partial charge in [0, 0.05) is 17.0 Å². The van der Waals surface area contributed by atoms with Gasteiger partial charge in [-0.15, -0.1) is 11.3 Å². The van der Waals surface area contributed by atoms with Crippen LogP contribution in [-0.4, -0.2) is 18.6 Å². The van der Waals surface area contributed by atoms with Crippen molar-refractivity contribution in [3.05, 3.63) is 40.5 Å². The van der Waals surface area contributed by atoms with Crippen molar-refractivity contribution in [2.24, 2.45) is 0 Å². The molecule has 1 aromatic carbocycles. The maximum Gasteiger partial charge on any atom is 0.254 e. The average Bonchev–Trinajstić information content (AvgIpc) is 3.16. The van der Waals surface area contributed by atoms with E-state index in [1.165, 1.54) is 23.5 Å². The lowest BCUT2D eigenvalue weighted by atomic mass is 10.0. The van der Waals surface area contributed by atoms with Crippen LogP contribution in [-0.2, 0) is 9.53 Å². The highest BCUT2D eigenvalue weighted by atomic mass is 32.1. The topological polar surface area (TPSA) is 62.1 Å². The Morgan fingerprint density at radius 1 is 1.43 bits per heavy atom. The summed E-state index contributed by atoms with van der Waals surface area (Å²) in [6.45, 7) is 2.47. The Balaban J connectivity index is 1.93. The molecule has 0 bridgehead atoms. The Morgan fingerprint density at radius 2 is 2.17 bits per heavy atom. The summed E-state index contributed by atoms with van der Waals surface area (Å²) >= 11 is 1.35. The van der Waals surface area contributed by atoms with E-state index < -0.39 is 6.10 Å². The fourth-order valence-electron chi connectivity index (χ4n) is 2.68. The third-order valence-corrected chi connectivity index (χ3v) is 4.81.